The zero-order valence-electron chi connectivity index (χ0n) is 15.8. The Morgan fingerprint density at radius 2 is 1.79 bits per heavy atom. The monoisotopic (exact) mass is 401 g/mol. The van der Waals surface area contributed by atoms with E-state index in [0.717, 1.165) is 36.2 Å². The summed E-state index contributed by atoms with van der Waals surface area (Å²) < 4.78 is 18.1. The number of benzene rings is 1. The molecule has 3 aromatic rings. The summed E-state index contributed by atoms with van der Waals surface area (Å²) in [5.41, 5.74) is 2.93. The van der Waals surface area contributed by atoms with Crippen molar-refractivity contribution in [1.29, 1.82) is 0 Å². The highest BCUT2D eigenvalue weighted by atomic mass is 35.5. The third-order valence-electron chi connectivity index (χ3n) is 4.68. The van der Waals surface area contributed by atoms with Crippen LogP contribution in [0.25, 0.3) is 5.69 Å². The molecule has 0 bridgehead atoms. The molecule has 1 aliphatic rings. The number of nitrogens with zero attached hydrogens (tertiary/aromatic N) is 4. The van der Waals surface area contributed by atoms with Crippen molar-refractivity contribution in [1.82, 2.24) is 19.5 Å². The Labute approximate surface area is 167 Å². The highest BCUT2D eigenvalue weighted by Gasteiger charge is 2.20. The van der Waals surface area contributed by atoms with E-state index in [0.29, 0.717) is 28.9 Å². The predicted octanol–water partition coefficient (Wildman–Crippen LogP) is 3.57. The Morgan fingerprint density at radius 1 is 1.04 bits per heavy atom. The van der Waals surface area contributed by atoms with Gasteiger partial charge in [0.15, 0.2) is 11.5 Å². The van der Waals surface area contributed by atoms with Crippen LogP contribution in [-0.4, -0.2) is 40.8 Å². The fraction of sp³-hybridized carbons (Fsp3) is 0.316. The van der Waals surface area contributed by atoms with Crippen molar-refractivity contribution in [3.05, 3.63) is 41.2 Å². The Morgan fingerprint density at radius 3 is 2.46 bits per heavy atom. The van der Waals surface area contributed by atoms with E-state index in [4.69, 9.17) is 25.8 Å². The third kappa shape index (κ3) is 3.31. The molecule has 0 saturated heterocycles. The van der Waals surface area contributed by atoms with E-state index < -0.39 is 0 Å². The van der Waals surface area contributed by atoms with Gasteiger partial charge in [-0.1, -0.05) is 0 Å². The lowest BCUT2D eigenvalue weighted by Crippen LogP contribution is -2.02. The van der Waals surface area contributed by atoms with Crippen LogP contribution in [0.1, 0.15) is 17.7 Å². The molecule has 146 valence electrons. The fourth-order valence-corrected chi connectivity index (χ4v) is 3.56. The standard InChI is InChI=1S/C19H20ClN5O3/c1-26-14-7-11(8-15(27-2)17(14)28-3)25-9-16(21-10-25)23-18-12-5-4-6-13(12)22-19(20)24-18/h7-10H,4-6H2,1-3H3,(H,22,23,24). The average Bonchev–Trinajstić information content (AvgIpc) is 3.36. The minimum absolute atomic E-state index is 0.243. The van der Waals surface area contributed by atoms with Crippen molar-refractivity contribution in [3.8, 4) is 22.9 Å². The Balaban J connectivity index is 1.66. The van der Waals surface area contributed by atoms with E-state index >= 15 is 0 Å². The van der Waals surface area contributed by atoms with Gasteiger partial charge in [0.1, 0.15) is 18.0 Å². The number of anilines is 2. The van der Waals surface area contributed by atoms with Gasteiger partial charge in [0, 0.05) is 17.7 Å². The van der Waals surface area contributed by atoms with E-state index in [1.54, 1.807) is 27.7 Å². The summed E-state index contributed by atoms with van der Waals surface area (Å²) in [6.45, 7) is 0. The first-order chi connectivity index (χ1) is 13.6. The van der Waals surface area contributed by atoms with Gasteiger partial charge in [0.25, 0.3) is 0 Å². The van der Waals surface area contributed by atoms with Crippen LogP contribution in [0.15, 0.2) is 24.7 Å². The smallest absolute Gasteiger partial charge is 0.224 e. The van der Waals surface area contributed by atoms with Crippen LogP contribution in [0.5, 0.6) is 17.2 Å². The lowest BCUT2D eigenvalue weighted by atomic mass is 10.2. The summed E-state index contributed by atoms with van der Waals surface area (Å²) in [6.07, 6.45) is 6.47. The molecule has 0 unspecified atom stereocenters. The highest BCUT2D eigenvalue weighted by molar-refractivity contribution is 6.28. The highest BCUT2D eigenvalue weighted by Crippen LogP contribution is 2.39. The van der Waals surface area contributed by atoms with E-state index in [-0.39, 0.29) is 5.28 Å². The SMILES string of the molecule is COc1cc(-n2cnc(Nc3nc(Cl)nc4c3CCC4)c2)cc(OC)c1OC. The van der Waals surface area contributed by atoms with Crippen molar-refractivity contribution in [3.63, 3.8) is 0 Å². The van der Waals surface area contributed by atoms with Gasteiger partial charge in [0.2, 0.25) is 11.0 Å². The first-order valence-electron chi connectivity index (χ1n) is 8.79. The Hall–Kier alpha value is -3.00. The molecule has 0 saturated carbocycles. The summed E-state index contributed by atoms with van der Waals surface area (Å²) in [6, 6.07) is 3.71. The first-order valence-corrected chi connectivity index (χ1v) is 9.17. The number of methoxy groups -OCH3 is 3. The second-order valence-electron chi connectivity index (χ2n) is 6.29. The number of hydrogen-bond acceptors (Lipinski definition) is 7. The van der Waals surface area contributed by atoms with Gasteiger partial charge in [0.05, 0.1) is 38.9 Å². The molecule has 1 aromatic carbocycles. The van der Waals surface area contributed by atoms with Gasteiger partial charge in [-0.25, -0.2) is 15.0 Å². The molecule has 28 heavy (non-hydrogen) atoms. The summed E-state index contributed by atoms with van der Waals surface area (Å²) in [7, 11) is 4.74. The second kappa shape index (κ2) is 7.55. The number of hydrogen-bond donors (Lipinski definition) is 1. The van der Waals surface area contributed by atoms with Crippen molar-refractivity contribution >= 4 is 23.2 Å². The van der Waals surface area contributed by atoms with E-state index in [1.165, 1.54) is 0 Å². The zero-order valence-corrected chi connectivity index (χ0v) is 16.6. The molecule has 0 fully saturated rings. The molecule has 2 aromatic heterocycles. The molecule has 1 aliphatic carbocycles. The number of nitrogens with one attached hydrogen (secondary N) is 1. The van der Waals surface area contributed by atoms with Gasteiger partial charge >= 0.3 is 0 Å². The van der Waals surface area contributed by atoms with Crippen LogP contribution in [0.3, 0.4) is 0 Å². The number of aromatic nitrogens is 4. The minimum atomic E-state index is 0.243. The zero-order chi connectivity index (χ0) is 19.7. The van der Waals surface area contributed by atoms with Crippen molar-refractivity contribution in [2.75, 3.05) is 26.6 Å². The number of aryl methyl sites for hydroxylation is 1. The molecule has 1 N–H and O–H groups in total. The molecule has 4 rings (SSSR count). The lowest BCUT2D eigenvalue weighted by Gasteiger charge is -2.14. The number of fused-ring (bicyclic) bond motifs is 1. The number of ether oxygens (including phenoxy) is 3. The molecular formula is C19H20ClN5O3. The largest absolute Gasteiger partial charge is 0.493 e. The molecule has 9 heteroatoms. The summed E-state index contributed by atoms with van der Waals surface area (Å²) >= 11 is 6.06. The van der Waals surface area contributed by atoms with Crippen LogP contribution in [0, 0.1) is 0 Å². The Kier molecular flexibility index (Phi) is 4.95. The number of imidazole rings is 1. The van der Waals surface area contributed by atoms with Crippen LogP contribution in [0.2, 0.25) is 5.28 Å². The fourth-order valence-electron chi connectivity index (χ4n) is 3.37. The van der Waals surface area contributed by atoms with Crippen LogP contribution in [0.4, 0.5) is 11.6 Å². The molecule has 0 amide bonds. The van der Waals surface area contributed by atoms with Gasteiger partial charge < -0.3 is 24.1 Å². The number of rotatable bonds is 6. The minimum Gasteiger partial charge on any atom is -0.493 e. The van der Waals surface area contributed by atoms with Crippen molar-refractivity contribution in [2.45, 2.75) is 19.3 Å². The average molecular weight is 402 g/mol. The van der Waals surface area contributed by atoms with Gasteiger partial charge in [-0.2, -0.15) is 0 Å². The molecule has 0 spiro atoms. The van der Waals surface area contributed by atoms with Crippen molar-refractivity contribution < 1.29 is 14.2 Å². The van der Waals surface area contributed by atoms with Gasteiger partial charge in [-0.3, -0.25) is 0 Å². The predicted molar refractivity (Wildman–Crippen MR) is 106 cm³/mol. The van der Waals surface area contributed by atoms with Crippen LogP contribution in [-0.2, 0) is 12.8 Å². The van der Waals surface area contributed by atoms with Crippen LogP contribution >= 0.6 is 11.6 Å². The van der Waals surface area contributed by atoms with Crippen LogP contribution < -0.4 is 19.5 Å². The molecule has 0 radical (unpaired) electrons. The molecular weight excluding hydrogens is 382 g/mol. The topological polar surface area (TPSA) is 83.3 Å². The molecule has 8 nitrogen and oxygen atoms in total. The van der Waals surface area contributed by atoms with E-state index in [9.17, 15) is 0 Å². The maximum Gasteiger partial charge on any atom is 0.224 e. The van der Waals surface area contributed by atoms with Gasteiger partial charge in [-0.15, -0.1) is 0 Å². The summed E-state index contributed by atoms with van der Waals surface area (Å²) in [5, 5.41) is 3.50. The Bertz CT molecular complexity index is 996. The van der Waals surface area contributed by atoms with Crippen molar-refractivity contribution in [2.24, 2.45) is 0 Å². The van der Waals surface area contributed by atoms with E-state index in [2.05, 4.69) is 20.3 Å². The third-order valence-corrected chi connectivity index (χ3v) is 4.85. The molecule has 0 atom stereocenters. The lowest BCUT2D eigenvalue weighted by molar-refractivity contribution is 0.324. The maximum atomic E-state index is 6.06. The quantitative estimate of drug-likeness (QED) is 0.632. The molecule has 2 heterocycles. The summed E-state index contributed by atoms with van der Waals surface area (Å²) in [4.78, 5) is 13.1. The first kappa shape index (κ1) is 18.4. The molecule has 0 aliphatic heterocycles. The number of halogens is 1. The summed E-state index contributed by atoms with van der Waals surface area (Å²) in [5.74, 6) is 3.04. The second-order valence-corrected chi connectivity index (χ2v) is 6.63. The van der Waals surface area contributed by atoms with E-state index in [1.807, 2.05) is 22.9 Å². The van der Waals surface area contributed by atoms with Gasteiger partial charge in [-0.05, 0) is 30.9 Å². The normalized spacial score (nSPS) is 12.6. The maximum absolute atomic E-state index is 6.06.